The predicted octanol–water partition coefficient (Wildman–Crippen LogP) is 3.13. The second kappa shape index (κ2) is 7.88. The Kier molecular flexibility index (Phi) is 6.07. The van der Waals surface area contributed by atoms with Gasteiger partial charge in [-0.15, -0.1) is 0 Å². The second-order valence-corrected chi connectivity index (χ2v) is 6.93. The van der Waals surface area contributed by atoms with Crippen molar-refractivity contribution >= 4 is 12.0 Å². The van der Waals surface area contributed by atoms with Crippen molar-refractivity contribution in [3.05, 3.63) is 18.0 Å². The number of carbonyl (C=O) groups excluding carboxylic acids is 1. The van der Waals surface area contributed by atoms with Crippen molar-refractivity contribution in [2.75, 3.05) is 31.5 Å². The number of hydrogen-bond acceptors (Lipinski definition) is 4. The summed E-state index contributed by atoms with van der Waals surface area (Å²) in [7, 11) is 0. The molecular weight excluding hydrogens is 335 g/mol. The fraction of sp³-hybridized carbons (Fsp3) is 0.688. The highest BCUT2D eigenvalue weighted by atomic mass is 19.4. The molecule has 140 valence electrons. The molecule has 0 atom stereocenters. The summed E-state index contributed by atoms with van der Waals surface area (Å²) in [6.07, 6.45) is -0.442. The van der Waals surface area contributed by atoms with Gasteiger partial charge in [0.1, 0.15) is 5.69 Å². The first-order chi connectivity index (χ1) is 11.7. The Bertz CT molecular complexity index is 591. The molecule has 1 saturated heterocycles. The van der Waals surface area contributed by atoms with Gasteiger partial charge in [0, 0.05) is 32.4 Å². The van der Waals surface area contributed by atoms with Crippen molar-refractivity contribution in [2.24, 2.45) is 5.41 Å². The first-order valence-electron chi connectivity index (χ1n) is 8.34. The molecule has 1 aliphatic rings. The van der Waals surface area contributed by atoms with Gasteiger partial charge in [0.25, 0.3) is 0 Å². The Balaban J connectivity index is 1.75. The van der Waals surface area contributed by atoms with E-state index in [0.29, 0.717) is 6.54 Å². The van der Waals surface area contributed by atoms with Crippen LogP contribution in [0.2, 0.25) is 0 Å². The van der Waals surface area contributed by atoms with Crippen LogP contribution in [0.25, 0.3) is 0 Å². The quantitative estimate of drug-likeness (QED) is 0.811. The van der Waals surface area contributed by atoms with E-state index >= 15 is 0 Å². The van der Waals surface area contributed by atoms with E-state index in [1.54, 1.807) is 4.90 Å². The van der Waals surface area contributed by atoms with E-state index in [2.05, 4.69) is 34.4 Å². The minimum absolute atomic E-state index is 0.111. The number of alkyl halides is 3. The Morgan fingerprint density at radius 3 is 2.76 bits per heavy atom. The van der Waals surface area contributed by atoms with Gasteiger partial charge in [0.2, 0.25) is 5.95 Å². The van der Waals surface area contributed by atoms with Crippen molar-refractivity contribution < 1.29 is 18.0 Å². The Morgan fingerprint density at radius 1 is 1.28 bits per heavy atom. The van der Waals surface area contributed by atoms with Gasteiger partial charge in [0.15, 0.2) is 0 Å². The van der Waals surface area contributed by atoms with Gasteiger partial charge in [-0.05, 0) is 30.7 Å². The van der Waals surface area contributed by atoms with Crippen molar-refractivity contribution in [2.45, 2.75) is 39.3 Å². The molecule has 2 rings (SSSR count). The fourth-order valence-corrected chi connectivity index (χ4v) is 2.68. The smallest absolute Gasteiger partial charge is 0.352 e. The van der Waals surface area contributed by atoms with Gasteiger partial charge < -0.3 is 15.5 Å². The molecule has 1 aliphatic heterocycles. The van der Waals surface area contributed by atoms with E-state index in [1.807, 2.05) is 0 Å². The van der Waals surface area contributed by atoms with Crippen molar-refractivity contribution in [1.82, 2.24) is 20.2 Å². The van der Waals surface area contributed by atoms with Gasteiger partial charge in [-0.2, -0.15) is 13.2 Å². The molecule has 0 aromatic carbocycles. The summed E-state index contributed by atoms with van der Waals surface area (Å²) in [4.78, 5) is 21.1. The molecule has 2 heterocycles. The topological polar surface area (TPSA) is 70.2 Å². The lowest BCUT2D eigenvalue weighted by atomic mass is 9.85. The molecule has 2 amide bonds. The molecule has 2 N–H and O–H groups in total. The first kappa shape index (κ1) is 19.3. The third-order valence-electron chi connectivity index (χ3n) is 4.26. The predicted molar refractivity (Wildman–Crippen MR) is 88.1 cm³/mol. The van der Waals surface area contributed by atoms with Crippen LogP contribution >= 0.6 is 0 Å². The molecule has 1 fully saturated rings. The minimum atomic E-state index is -4.51. The van der Waals surface area contributed by atoms with E-state index in [1.165, 1.54) is 0 Å². The van der Waals surface area contributed by atoms with Crippen LogP contribution in [0, 0.1) is 5.41 Å². The van der Waals surface area contributed by atoms with Crippen LogP contribution in [-0.4, -0.2) is 47.1 Å². The zero-order valence-electron chi connectivity index (χ0n) is 14.5. The minimum Gasteiger partial charge on any atom is -0.352 e. The van der Waals surface area contributed by atoms with Crippen LogP contribution in [0.3, 0.4) is 0 Å². The number of carbonyl (C=O) groups is 1. The average Bonchev–Trinajstić information content (AvgIpc) is 2.71. The van der Waals surface area contributed by atoms with Gasteiger partial charge in [-0.3, -0.25) is 0 Å². The third kappa shape index (κ3) is 6.06. The van der Waals surface area contributed by atoms with E-state index in [9.17, 15) is 18.0 Å². The number of nitrogens with zero attached hydrogens (tertiary/aromatic N) is 3. The molecular formula is C16H24F3N5O. The molecule has 0 unspecified atom stereocenters. The fourth-order valence-electron chi connectivity index (χ4n) is 2.68. The molecule has 9 heteroatoms. The highest BCUT2D eigenvalue weighted by Crippen LogP contribution is 2.29. The second-order valence-electron chi connectivity index (χ2n) is 6.93. The number of aromatic nitrogens is 2. The maximum absolute atomic E-state index is 12.6. The SMILES string of the molecule is CC1(C)CCCN(C(=O)NCCNc2nccc(C(F)(F)F)n2)CC1. The van der Waals surface area contributed by atoms with Crippen LogP contribution in [0.4, 0.5) is 23.9 Å². The Labute approximate surface area is 145 Å². The zero-order chi connectivity index (χ0) is 18.5. The lowest BCUT2D eigenvalue weighted by Crippen LogP contribution is -2.42. The average molecular weight is 359 g/mol. The number of halogens is 3. The molecule has 0 aliphatic carbocycles. The summed E-state index contributed by atoms with van der Waals surface area (Å²) in [6, 6.07) is 0.665. The molecule has 1 aromatic heterocycles. The summed E-state index contributed by atoms with van der Waals surface area (Å²) in [6.45, 7) is 6.36. The number of nitrogens with one attached hydrogen (secondary N) is 2. The maximum Gasteiger partial charge on any atom is 0.433 e. The molecule has 0 spiro atoms. The lowest BCUT2D eigenvalue weighted by molar-refractivity contribution is -0.141. The highest BCUT2D eigenvalue weighted by Gasteiger charge is 2.32. The highest BCUT2D eigenvalue weighted by molar-refractivity contribution is 5.74. The van der Waals surface area contributed by atoms with E-state index < -0.39 is 11.9 Å². The molecule has 0 radical (unpaired) electrons. The van der Waals surface area contributed by atoms with Gasteiger partial charge in [0.05, 0.1) is 0 Å². The molecule has 0 bridgehead atoms. The number of hydrogen-bond donors (Lipinski definition) is 2. The summed E-state index contributed by atoms with van der Waals surface area (Å²) >= 11 is 0. The first-order valence-corrected chi connectivity index (χ1v) is 8.34. The summed E-state index contributed by atoms with van der Waals surface area (Å²) < 4.78 is 37.7. The lowest BCUT2D eigenvalue weighted by Gasteiger charge is -2.23. The van der Waals surface area contributed by atoms with Crippen LogP contribution in [0.15, 0.2) is 12.3 Å². The summed E-state index contributed by atoms with van der Waals surface area (Å²) in [5, 5.41) is 5.45. The summed E-state index contributed by atoms with van der Waals surface area (Å²) in [5.74, 6) is -0.111. The number of rotatable bonds is 4. The standard InChI is InChI=1S/C16H24F3N5O/c1-15(2)5-3-10-24(11-6-15)14(25)22-9-8-21-13-20-7-4-12(23-13)16(17,18)19/h4,7H,3,5-6,8-11H2,1-2H3,(H,22,25)(H,20,21,23). The monoisotopic (exact) mass is 359 g/mol. The van der Waals surface area contributed by atoms with Crippen molar-refractivity contribution in [1.29, 1.82) is 0 Å². The number of amides is 2. The normalized spacial score (nSPS) is 17.7. The molecule has 25 heavy (non-hydrogen) atoms. The van der Waals surface area contributed by atoms with Gasteiger partial charge in [-0.25, -0.2) is 14.8 Å². The zero-order valence-corrected chi connectivity index (χ0v) is 14.5. The van der Waals surface area contributed by atoms with Gasteiger partial charge >= 0.3 is 12.2 Å². The van der Waals surface area contributed by atoms with Crippen LogP contribution in [-0.2, 0) is 6.18 Å². The number of urea groups is 1. The number of likely N-dealkylation sites (tertiary alicyclic amines) is 1. The number of anilines is 1. The van der Waals surface area contributed by atoms with Crippen molar-refractivity contribution in [3.63, 3.8) is 0 Å². The third-order valence-corrected chi connectivity index (χ3v) is 4.26. The van der Waals surface area contributed by atoms with Crippen LogP contribution < -0.4 is 10.6 Å². The van der Waals surface area contributed by atoms with Crippen LogP contribution in [0.1, 0.15) is 38.8 Å². The molecule has 0 saturated carbocycles. The van der Waals surface area contributed by atoms with Gasteiger partial charge in [-0.1, -0.05) is 13.8 Å². The Hall–Kier alpha value is -2.06. The molecule has 1 aromatic rings. The van der Waals surface area contributed by atoms with E-state index in [0.717, 1.165) is 38.1 Å². The van der Waals surface area contributed by atoms with E-state index in [-0.39, 0.29) is 30.5 Å². The Morgan fingerprint density at radius 2 is 2.04 bits per heavy atom. The summed E-state index contributed by atoms with van der Waals surface area (Å²) in [5.41, 5.74) is -0.751. The van der Waals surface area contributed by atoms with E-state index in [4.69, 9.17) is 0 Å². The molecule has 6 nitrogen and oxygen atoms in total. The van der Waals surface area contributed by atoms with Crippen molar-refractivity contribution in [3.8, 4) is 0 Å². The largest absolute Gasteiger partial charge is 0.433 e. The van der Waals surface area contributed by atoms with Crippen LogP contribution in [0.5, 0.6) is 0 Å². The maximum atomic E-state index is 12.6.